The van der Waals surface area contributed by atoms with Crippen LogP contribution in [0.5, 0.6) is 0 Å². The molecule has 1 N–H and O–H groups in total. The van der Waals surface area contributed by atoms with Gasteiger partial charge in [0.15, 0.2) is 6.10 Å². The van der Waals surface area contributed by atoms with Crippen molar-refractivity contribution in [3.8, 4) is 0 Å². The van der Waals surface area contributed by atoms with Crippen molar-refractivity contribution in [3.05, 3.63) is 39.7 Å². The molecule has 0 aliphatic carbocycles. The standard InChI is InChI=1S/C10H10FNO5/c1-6(10(13)14)17-5-7-2-3-9(12(15)16)8(11)4-7/h2-4,6H,5H2,1H3,(H,13,14)/t6-/m1/s1. The first-order valence-electron chi connectivity index (χ1n) is 4.69. The van der Waals surface area contributed by atoms with Crippen molar-refractivity contribution < 1.29 is 24.0 Å². The summed E-state index contributed by atoms with van der Waals surface area (Å²) < 4.78 is 18.1. The van der Waals surface area contributed by atoms with Crippen molar-refractivity contribution in [1.29, 1.82) is 0 Å². The highest BCUT2D eigenvalue weighted by atomic mass is 19.1. The van der Waals surface area contributed by atoms with Gasteiger partial charge in [0, 0.05) is 6.07 Å². The van der Waals surface area contributed by atoms with Crippen LogP contribution in [0, 0.1) is 15.9 Å². The van der Waals surface area contributed by atoms with Gasteiger partial charge in [-0.25, -0.2) is 4.79 Å². The molecule has 0 bridgehead atoms. The third kappa shape index (κ3) is 3.49. The summed E-state index contributed by atoms with van der Waals surface area (Å²) in [6.07, 6.45) is -1.02. The fourth-order valence-corrected chi connectivity index (χ4v) is 1.08. The van der Waals surface area contributed by atoms with Gasteiger partial charge in [0.1, 0.15) is 0 Å². The van der Waals surface area contributed by atoms with E-state index in [2.05, 4.69) is 0 Å². The summed E-state index contributed by atoms with van der Waals surface area (Å²) in [4.78, 5) is 20.0. The van der Waals surface area contributed by atoms with E-state index in [9.17, 15) is 19.3 Å². The summed E-state index contributed by atoms with van der Waals surface area (Å²) in [6.45, 7) is 1.21. The molecule has 0 unspecified atom stereocenters. The van der Waals surface area contributed by atoms with Gasteiger partial charge in [0.25, 0.3) is 0 Å². The van der Waals surface area contributed by atoms with Gasteiger partial charge in [-0.3, -0.25) is 10.1 Å². The van der Waals surface area contributed by atoms with Gasteiger partial charge < -0.3 is 9.84 Å². The summed E-state index contributed by atoms with van der Waals surface area (Å²) in [5.74, 6) is -2.11. The summed E-state index contributed by atoms with van der Waals surface area (Å²) in [7, 11) is 0. The molecule has 1 aromatic carbocycles. The lowest BCUT2D eigenvalue weighted by Crippen LogP contribution is -2.19. The Hall–Kier alpha value is -2.02. The molecule has 0 amide bonds. The van der Waals surface area contributed by atoms with E-state index >= 15 is 0 Å². The van der Waals surface area contributed by atoms with E-state index in [-0.39, 0.29) is 6.61 Å². The molecule has 0 aliphatic heterocycles. The summed E-state index contributed by atoms with van der Waals surface area (Å²) in [5, 5.41) is 18.9. The average Bonchev–Trinajstić information content (AvgIpc) is 2.25. The van der Waals surface area contributed by atoms with Gasteiger partial charge in [-0.2, -0.15) is 4.39 Å². The van der Waals surface area contributed by atoms with Crippen molar-refractivity contribution in [2.45, 2.75) is 19.6 Å². The number of hydrogen-bond donors (Lipinski definition) is 1. The Balaban J connectivity index is 2.71. The van der Waals surface area contributed by atoms with Crippen LogP contribution in [0.2, 0.25) is 0 Å². The Labute approximate surface area is 95.8 Å². The van der Waals surface area contributed by atoms with Gasteiger partial charge in [-0.15, -0.1) is 0 Å². The van der Waals surface area contributed by atoms with Gasteiger partial charge in [0.05, 0.1) is 11.5 Å². The fraction of sp³-hybridized carbons (Fsp3) is 0.300. The third-order valence-electron chi connectivity index (χ3n) is 2.06. The number of carboxylic acids is 1. The van der Waals surface area contributed by atoms with Crippen molar-refractivity contribution in [2.75, 3.05) is 0 Å². The zero-order valence-electron chi connectivity index (χ0n) is 8.92. The smallest absolute Gasteiger partial charge is 0.332 e. The van der Waals surface area contributed by atoms with E-state index in [4.69, 9.17) is 9.84 Å². The molecule has 0 radical (unpaired) electrons. The first kappa shape index (κ1) is 13.0. The van der Waals surface area contributed by atoms with Gasteiger partial charge >= 0.3 is 11.7 Å². The SMILES string of the molecule is C[C@@H](OCc1ccc([N+](=O)[O-])c(F)c1)C(=O)O. The first-order valence-corrected chi connectivity index (χ1v) is 4.69. The topological polar surface area (TPSA) is 89.7 Å². The molecule has 92 valence electrons. The lowest BCUT2D eigenvalue weighted by Gasteiger charge is -2.08. The molecular formula is C10H10FNO5. The molecule has 0 fully saturated rings. The van der Waals surface area contributed by atoms with Gasteiger partial charge in [-0.1, -0.05) is 0 Å². The van der Waals surface area contributed by atoms with Crippen LogP contribution in [0.15, 0.2) is 18.2 Å². The Morgan fingerprint density at radius 1 is 1.65 bits per heavy atom. The second kappa shape index (κ2) is 5.35. The number of nitro groups is 1. The molecule has 0 saturated heterocycles. The molecule has 6 nitrogen and oxygen atoms in total. The largest absolute Gasteiger partial charge is 0.479 e. The van der Waals surface area contributed by atoms with Gasteiger partial charge in [0.2, 0.25) is 5.82 Å². The summed E-state index contributed by atoms with van der Waals surface area (Å²) >= 11 is 0. The third-order valence-corrected chi connectivity index (χ3v) is 2.06. The summed E-state index contributed by atoms with van der Waals surface area (Å²) in [5.41, 5.74) is -0.291. The number of hydrogen-bond acceptors (Lipinski definition) is 4. The average molecular weight is 243 g/mol. The highest BCUT2D eigenvalue weighted by molar-refractivity contribution is 5.71. The Morgan fingerprint density at radius 2 is 2.29 bits per heavy atom. The number of ether oxygens (including phenoxy) is 1. The second-order valence-corrected chi connectivity index (χ2v) is 3.33. The second-order valence-electron chi connectivity index (χ2n) is 3.33. The number of carboxylic acid groups (broad SMARTS) is 1. The molecule has 0 heterocycles. The molecule has 0 saturated carbocycles. The van der Waals surface area contributed by atoms with Gasteiger partial charge in [-0.05, 0) is 24.6 Å². The first-order chi connectivity index (χ1) is 7.91. The predicted molar refractivity (Wildman–Crippen MR) is 54.9 cm³/mol. The highest BCUT2D eigenvalue weighted by Crippen LogP contribution is 2.18. The molecule has 0 aliphatic rings. The van der Waals surface area contributed by atoms with Crippen LogP contribution in [-0.4, -0.2) is 22.1 Å². The minimum Gasteiger partial charge on any atom is -0.479 e. The molecule has 1 aromatic rings. The lowest BCUT2D eigenvalue weighted by atomic mass is 10.2. The Bertz CT molecular complexity index is 448. The van der Waals surface area contributed by atoms with Crippen molar-refractivity contribution in [3.63, 3.8) is 0 Å². The maximum Gasteiger partial charge on any atom is 0.332 e. The number of benzene rings is 1. The van der Waals surface area contributed by atoms with Crippen LogP contribution in [0.4, 0.5) is 10.1 Å². The number of carbonyl (C=O) groups is 1. The number of nitrogens with zero attached hydrogens (tertiary/aromatic N) is 1. The predicted octanol–water partition coefficient (Wildman–Crippen LogP) is 1.72. The molecule has 7 heteroatoms. The highest BCUT2D eigenvalue weighted by Gasteiger charge is 2.15. The van der Waals surface area contributed by atoms with E-state index in [1.807, 2.05) is 0 Å². The van der Waals surface area contributed by atoms with E-state index in [0.717, 1.165) is 12.1 Å². The molecule has 17 heavy (non-hydrogen) atoms. The number of nitro benzene ring substituents is 1. The van der Waals surface area contributed by atoms with Crippen LogP contribution in [-0.2, 0) is 16.1 Å². The summed E-state index contributed by atoms with van der Waals surface area (Å²) in [6, 6.07) is 3.28. The van der Waals surface area contributed by atoms with Crippen LogP contribution < -0.4 is 0 Å². The van der Waals surface area contributed by atoms with Crippen LogP contribution in [0.1, 0.15) is 12.5 Å². The number of aliphatic carboxylic acids is 1. The van der Waals surface area contributed by atoms with Crippen LogP contribution >= 0.6 is 0 Å². The fourth-order valence-electron chi connectivity index (χ4n) is 1.08. The lowest BCUT2D eigenvalue weighted by molar-refractivity contribution is -0.387. The van der Waals surface area contributed by atoms with Crippen molar-refractivity contribution in [2.24, 2.45) is 0 Å². The number of rotatable bonds is 5. The van der Waals surface area contributed by atoms with Crippen molar-refractivity contribution in [1.82, 2.24) is 0 Å². The normalized spacial score (nSPS) is 12.1. The van der Waals surface area contributed by atoms with E-state index in [1.54, 1.807) is 0 Å². The minimum absolute atomic E-state index is 0.123. The van der Waals surface area contributed by atoms with Crippen molar-refractivity contribution >= 4 is 11.7 Å². The zero-order chi connectivity index (χ0) is 13.0. The molecule has 1 rings (SSSR count). The number of halogens is 1. The molecule has 0 aromatic heterocycles. The van der Waals surface area contributed by atoms with Crippen LogP contribution in [0.3, 0.4) is 0 Å². The maximum absolute atomic E-state index is 13.2. The minimum atomic E-state index is -1.13. The quantitative estimate of drug-likeness (QED) is 0.628. The maximum atomic E-state index is 13.2. The molecule has 0 spiro atoms. The Kier molecular flexibility index (Phi) is 4.11. The van der Waals surface area contributed by atoms with E-state index < -0.39 is 28.5 Å². The Morgan fingerprint density at radius 3 is 2.76 bits per heavy atom. The van der Waals surface area contributed by atoms with E-state index in [1.165, 1.54) is 13.0 Å². The molecule has 1 atom stereocenters. The van der Waals surface area contributed by atoms with E-state index in [0.29, 0.717) is 5.56 Å². The monoisotopic (exact) mass is 243 g/mol. The molecular weight excluding hydrogens is 233 g/mol. The van der Waals surface area contributed by atoms with Crippen LogP contribution in [0.25, 0.3) is 0 Å². The zero-order valence-corrected chi connectivity index (χ0v) is 8.92.